The van der Waals surface area contributed by atoms with Gasteiger partial charge < -0.3 is 11.5 Å². The molecule has 3 aromatic rings. The highest BCUT2D eigenvalue weighted by Gasteiger charge is 2.11. The van der Waals surface area contributed by atoms with Gasteiger partial charge in [0.15, 0.2) is 0 Å². The first-order valence-electron chi connectivity index (χ1n) is 8.97. The van der Waals surface area contributed by atoms with Crippen LogP contribution in [0.4, 0.5) is 0 Å². The van der Waals surface area contributed by atoms with Crippen molar-refractivity contribution in [2.45, 2.75) is 25.9 Å². The number of benzene rings is 3. The fourth-order valence-corrected chi connectivity index (χ4v) is 3.33. The lowest BCUT2D eigenvalue weighted by molar-refractivity contribution is 0.906. The van der Waals surface area contributed by atoms with Gasteiger partial charge in [-0.3, -0.25) is 0 Å². The Morgan fingerprint density at radius 1 is 0.538 bits per heavy atom. The van der Waals surface area contributed by atoms with Crippen LogP contribution in [0.2, 0.25) is 0 Å². The van der Waals surface area contributed by atoms with E-state index in [1.165, 1.54) is 0 Å². The molecule has 0 aromatic heterocycles. The van der Waals surface area contributed by atoms with Crippen LogP contribution in [0.3, 0.4) is 0 Å². The number of hydrogen-bond acceptors (Lipinski definition) is 2. The second-order valence-electron chi connectivity index (χ2n) is 6.69. The van der Waals surface area contributed by atoms with Gasteiger partial charge in [-0.1, -0.05) is 84.9 Å². The summed E-state index contributed by atoms with van der Waals surface area (Å²) in [6.45, 7) is 4.22. The molecule has 0 aliphatic heterocycles. The molecule has 0 amide bonds. The maximum absolute atomic E-state index is 6.55. The Bertz CT molecular complexity index is 893. The van der Waals surface area contributed by atoms with E-state index in [4.69, 9.17) is 11.5 Å². The van der Waals surface area contributed by atoms with Gasteiger partial charge >= 0.3 is 0 Å². The molecule has 0 heterocycles. The zero-order valence-electron chi connectivity index (χ0n) is 15.4. The van der Waals surface area contributed by atoms with Crippen molar-refractivity contribution in [3.63, 3.8) is 0 Å². The second-order valence-corrected chi connectivity index (χ2v) is 6.69. The summed E-state index contributed by atoms with van der Waals surface area (Å²) < 4.78 is 0. The summed E-state index contributed by atoms with van der Waals surface area (Å²) in [6, 6.07) is 28.5. The van der Waals surface area contributed by atoms with E-state index in [-0.39, 0.29) is 12.1 Å². The average molecular weight is 342 g/mol. The molecule has 4 N–H and O–H groups in total. The largest absolute Gasteiger partial charge is 0.321 e. The molecule has 2 nitrogen and oxygen atoms in total. The van der Waals surface area contributed by atoms with Crippen molar-refractivity contribution in [2.24, 2.45) is 11.5 Å². The molecule has 2 unspecified atom stereocenters. The third-order valence-electron chi connectivity index (χ3n) is 5.03. The van der Waals surface area contributed by atoms with Crippen molar-refractivity contribution in [2.75, 3.05) is 0 Å². The first-order chi connectivity index (χ1) is 12.6. The predicted octanol–water partition coefficient (Wildman–Crippen LogP) is 3.43. The summed E-state index contributed by atoms with van der Waals surface area (Å²) in [5.74, 6) is 0. The normalized spacial score (nSPS) is 15.8. The standard InChI is InChI=1S/C24H26N2/c1-17(23(25)19-11-5-3-6-12-19)21-15-9-10-16-22(21)18(2)24(26)20-13-7-4-8-14-20/h3-16,23-24H,25-26H2,1-2H3. The first kappa shape index (κ1) is 18.1. The maximum atomic E-state index is 6.55. The Labute approximate surface area is 155 Å². The highest BCUT2D eigenvalue weighted by molar-refractivity contribution is 5.57. The van der Waals surface area contributed by atoms with Crippen LogP contribution in [0.5, 0.6) is 0 Å². The van der Waals surface area contributed by atoms with Crippen LogP contribution in [0.1, 0.15) is 37.1 Å². The van der Waals surface area contributed by atoms with E-state index in [9.17, 15) is 0 Å². The van der Waals surface area contributed by atoms with E-state index in [0.29, 0.717) is 0 Å². The highest BCUT2D eigenvalue weighted by atomic mass is 14.6. The molecule has 0 radical (unpaired) electrons. The van der Waals surface area contributed by atoms with Crippen LogP contribution >= 0.6 is 0 Å². The quantitative estimate of drug-likeness (QED) is 0.763. The van der Waals surface area contributed by atoms with E-state index in [2.05, 4.69) is 62.4 Å². The predicted molar refractivity (Wildman–Crippen MR) is 111 cm³/mol. The fraction of sp³-hybridized carbons (Fsp3) is 0.167. The fourth-order valence-electron chi connectivity index (χ4n) is 3.33. The van der Waals surface area contributed by atoms with Crippen LogP contribution in [0.25, 0.3) is 11.1 Å². The zero-order chi connectivity index (χ0) is 18.5. The van der Waals surface area contributed by atoms with Gasteiger partial charge in [-0.25, -0.2) is 0 Å². The van der Waals surface area contributed by atoms with E-state index in [0.717, 1.165) is 32.7 Å². The molecule has 3 rings (SSSR count). The van der Waals surface area contributed by atoms with Crippen LogP contribution in [-0.4, -0.2) is 0 Å². The van der Waals surface area contributed by atoms with Crippen LogP contribution in [-0.2, 0) is 0 Å². The Balaban J connectivity index is 2.16. The Kier molecular flexibility index (Phi) is 5.67. The molecule has 0 aliphatic rings. The molecule has 3 aromatic carbocycles. The number of rotatable bonds is 4. The SMILES string of the molecule is CC(=c1ccccc1=C(C)C(N)c1ccccc1)C(N)c1ccccc1. The zero-order valence-corrected chi connectivity index (χ0v) is 15.4. The number of nitrogens with two attached hydrogens (primary N) is 2. The van der Waals surface area contributed by atoms with Crippen molar-refractivity contribution in [3.05, 3.63) is 106 Å². The first-order valence-corrected chi connectivity index (χ1v) is 8.97. The minimum absolute atomic E-state index is 0.141. The van der Waals surface area contributed by atoms with Gasteiger partial charge in [0.1, 0.15) is 0 Å². The molecule has 0 fully saturated rings. The molecule has 0 aliphatic carbocycles. The van der Waals surface area contributed by atoms with Gasteiger partial charge in [0.05, 0.1) is 12.1 Å². The van der Waals surface area contributed by atoms with Crippen molar-refractivity contribution in [1.29, 1.82) is 0 Å². The molecule has 0 saturated heterocycles. The smallest absolute Gasteiger partial charge is 0.0517 e. The van der Waals surface area contributed by atoms with Crippen molar-refractivity contribution < 1.29 is 0 Å². The summed E-state index contributed by atoms with van der Waals surface area (Å²) >= 11 is 0. The average Bonchev–Trinajstić information content (AvgIpc) is 2.73. The molecule has 0 bridgehead atoms. The molecule has 2 atom stereocenters. The Morgan fingerprint density at radius 2 is 0.846 bits per heavy atom. The van der Waals surface area contributed by atoms with Crippen LogP contribution < -0.4 is 21.9 Å². The van der Waals surface area contributed by atoms with E-state index < -0.39 is 0 Å². The Morgan fingerprint density at radius 3 is 1.19 bits per heavy atom. The number of hydrogen-bond donors (Lipinski definition) is 2. The summed E-state index contributed by atoms with van der Waals surface area (Å²) in [7, 11) is 0. The monoisotopic (exact) mass is 342 g/mol. The topological polar surface area (TPSA) is 52.0 Å². The molecular formula is C24H26N2. The summed E-state index contributed by atoms with van der Waals surface area (Å²) in [5, 5.41) is 2.32. The Hall–Kier alpha value is -2.68. The van der Waals surface area contributed by atoms with Crippen molar-refractivity contribution in [1.82, 2.24) is 0 Å². The van der Waals surface area contributed by atoms with Crippen molar-refractivity contribution in [3.8, 4) is 0 Å². The third kappa shape index (κ3) is 3.77. The minimum atomic E-state index is -0.141. The molecule has 26 heavy (non-hydrogen) atoms. The highest BCUT2D eigenvalue weighted by Crippen LogP contribution is 2.19. The van der Waals surface area contributed by atoms with E-state index in [1.807, 2.05) is 36.4 Å². The van der Waals surface area contributed by atoms with Crippen LogP contribution in [0.15, 0.2) is 84.9 Å². The van der Waals surface area contributed by atoms with Gasteiger partial charge in [-0.05, 0) is 46.6 Å². The summed E-state index contributed by atoms with van der Waals surface area (Å²) in [5.41, 5.74) is 17.6. The van der Waals surface area contributed by atoms with Crippen molar-refractivity contribution >= 4 is 11.1 Å². The molecule has 0 saturated carbocycles. The van der Waals surface area contributed by atoms with Gasteiger partial charge in [0.25, 0.3) is 0 Å². The second kappa shape index (κ2) is 8.13. The van der Waals surface area contributed by atoms with E-state index >= 15 is 0 Å². The van der Waals surface area contributed by atoms with E-state index in [1.54, 1.807) is 0 Å². The maximum Gasteiger partial charge on any atom is 0.0517 e. The lowest BCUT2D eigenvalue weighted by Crippen LogP contribution is -2.33. The molecule has 2 heteroatoms. The lowest BCUT2D eigenvalue weighted by atomic mass is 9.94. The molecular weight excluding hydrogens is 316 g/mol. The van der Waals surface area contributed by atoms with Gasteiger partial charge in [0, 0.05) is 0 Å². The van der Waals surface area contributed by atoms with Gasteiger partial charge in [0.2, 0.25) is 0 Å². The van der Waals surface area contributed by atoms with Crippen LogP contribution in [0, 0.1) is 0 Å². The molecule has 132 valence electrons. The van der Waals surface area contributed by atoms with Gasteiger partial charge in [-0.15, -0.1) is 0 Å². The third-order valence-corrected chi connectivity index (χ3v) is 5.03. The van der Waals surface area contributed by atoms with Gasteiger partial charge in [-0.2, -0.15) is 0 Å². The molecule has 0 spiro atoms. The summed E-state index contributed by atoms with van der Waals surface area (Å²) in [6.07, 6.45) is 0. The summed E-state index contributed by atoms with van der Waals surface area (Å²) in [4.78, 5) is 0. The minimum Gasteiger partial charge on any atom is -0.321 e. The lowest BCUT2D eigenvalue weighted by Gasteiger charge is -2.16.